The van der Waals surface area contributed by atoms with Gasteiger partial charge in [0.2, 0.25) is 5.91 Å². The average Bonchev–Trinajstić information content (AvgIpc) is 3.11. The van der Waals surface area contributed by atoms with E-state index in [1.54, 1.807) is 18.2 Å². The van der Waals surface area contributed by atoms with Gasteiger partial charge in [-0.1, -0.05) is 48.7 Å². The summed E-state index contributed by atoms with van der Waals surface area (Å²) in [5.74, 6) is -1.64. The number of hydrogen-bond donors (Lipinski definition) is 2. The first-order valence-electron chi connectivity index (χ1n) is 8.14. The first kappa shape index (κ1) is 17.4. The molecule has 0 unspecified atom stereocenters. The molecule has 2 N–H and O–H groups in total. The number of amides is 2. The van der Waals surface area contributed by atoms with Crippen LogP contribution in [-0.4, -0.2) is 11.8 Å². The van der Waals surface area contributed by atoms with Crippen molar-refractivity contribution < 1.29 is 14.0 Å². The molecule has 2 aromatic rings. The van der Waals surface area contributed by atoms with Crippen molar-refractivity contribution in [3.63, 3.8) is 0 Å². The summed E-state index contributed by atoms with van der Waals surface area (Å²) >= 11 is 6.07. The number of hydrazine groups is 1. The van der Waals surface area contributed by atoms with Crippen molar-refractivity contribution in [3.05, 3.63) is 70.5 Å². The van der Waals surface area contributed by atoms with Crippen LogP contribution in [0.2, 0.25) is 5.02 Å². The van der Waals surface area contributed by atoms with E-state index < -0.39 is 17.1 Å². The summed E-state index contributed by atoms with van der Waals surface area (Å²) in [5, 5.41) is 0.562. The molecule has 2 aromatic carbocycles. The van der Waals surface area contributed by atoms with Gasteiger partial charge in [0, 0.05) is 5.02 Å². The highest BCUT2D eigenvalue weighted by atomic mass is 35.5. The van der Waals surface area contributed by atoms with Crippen LogP contribution in [0.3, 0.4) is 0 Å². The maximum atomic E-state index is 13.7. The number of benzene rings is 2. The zero-order valence-electron chi connectivity index (χ0n) is 13.5. The van der Waals surface area contributed by atoms with Crippen LogP contribution >= 0.6 is 11.6 Å². The van der Waals surface area contributed by atoms with E-state index in [0.29, 0.717) is 17.9 Å². The summed E-state index contributed by atoms with van der Waals surface area (Å²) in [6.07, 6.45) is 3.19. The molecule has 0 spiro atoms. The minimum atomic E-state index is -0.729. The van der Waals surface area contributed by atoms with Crippen LogP contribution in [0.5, 0.6) is 0 Å². The molecule has 3 rings (SSSR count). The molecule has 130 valence electrons. The standard InChI is InChI=1S/C19H18ClFN2O2/c20-14-7-5-6-13(12-14)19(10-3-4-11-19)18(25)23-22-17(24)15-8-1-2-9-16(15)21/h1-2,5-9,12H,3-4,10-11H2,(H,22,24)(H,23,25). The summed E-state index contributed by atoms with van der Waals surface area (Å²) in [6.45, 7) is 0. The second kappa shape index (κ2) is 7.23. The average molecular weight is 361 g/mol. The van der Waals surface area contributed by atoms with Crippen molar-refractivity contribution in [2.75, 3.05) is 0 Å². The van der Waals surface area contributed by atoms with Gasteiger partial charge < -0.3 is 0 Å². The SMILES string of the molecule is O=C(NNC(=O)C1(c2cccc(Cl)c2)CCCC1)c1ccccc1F. The molecular weight excluding hydrogens is 343 g/mol. The normalized spacial score (nSPS) is 15.6. The van der Waals surface area contributed by atoms with Gasteiger partial charge in [0.25, 0.3) is 5.91 Å². The molecule has 1 aliphatic rings. The molecular formula is C19H18ClFN2O2. The van der Waals surface area contributed by atoms with E-state index in [1.807, 2.05) is 12.1 Å². The Morgan fingerprint density at radius 2 is 1.72 bits per heavy atom. The van der Waals surface area contributed by atoms with Crippen LogP contribution in [0.1, 0.15) is 41.6 Å². The molecule has 0 heterocycles. The van der Waals surface area contributed by atoms with E-state index in [1.165, 1.54) is 18.2 Å². The van der Waals surface area contributed by atoms with Crippen molar-refractivity contribution in [1.29, 1.82) is 0 Å². The summed E-state index contributed by atoms with van der Waals surface area (Å²) in [5.41, 5.74) is 4.76. The molecule has 2 amide bonds. The van der Waals surface area contributed by atoms with Crippen LogP contribution in [0.25, 0.3) is 0 Å². The fraction of sp³-hybridized carbons (Fsp3) is 0.263. The minimum absolute atomic E-state index is 0.119. The van der Waals surface area contributed by atoms with E-state index in [9.17, 15) is 14.0 Å². The monoisotopic (exact) mass is 360 g/mol. The third-order valence-electron chi connectivity index (χ3n) is 4.68. The van der Waals surface area contributed by atoms with Gasteiger partial charge in [0.15, 0.2) is 0 Å². The molecule has 0 atom stereocenters. The predicted molar refractivity (Wildman–Crippen MR) is 93.6 cm³/mol. The van der Waals surface area contributed by atoms with Crippen LogP contribution in [0.15, 0.2) is 48.5 Å². The van der Waals surface area contributed by atoms with Crippen LogP contribution in [0.4, 0.5) is 4.39 Å². The fourth-order valence-corrected chi connectivity index (χ4v) is 3.55. The van der Waals surface area contributed by atoms with Gasteiger partial charge in [-0.3, -0.25) is 20.4 Å². The lowest BCUT2D eigenvalue weighted by Crippen LogP contribution is -2.50. The number of hydrogen-bond acceptors (Lipinski definition) is 2. The van der Waals surface area contributed by atoms with Crippen LogP contribution in [0, 0.1) is 5.82 Å². The molecule has 1 aliphatic carbocycles. The zero-order chi connectivity index (χ0) is 17.9. The Balaban J connectivity index is 1.76. The summed E-state index contributed by atoms with van der Waals surface area (Å²) in [4.78, 5) is 24.9. The van der Waals surface area contributed by atoms with Gasteiger partial charge in [-0.05, 0) is 42.7 Å². The zero-order valence-corrected chi connectivity index (χ0v) is 14.3. The molecule has 25 heavy (non-hydrogen) atoms. The number of halogens is 2. The molecule has 4 nitrogen and oxygen atoms in total. The van der Waals surface area contributed by atoms with Gasteiger partial charge in [-0.2, -0.15) is 0 Å². The van der Waals surface area contributed by atoms with Gasteiger partial charge in [0.05, 0.1) is 11.0 Å². The van der Waals surface area contributed by atoms with Crippen molar-refractivity contribution in [3.8, 4) is 0 Å². The van der Waals surface area contributed by atoms with Gasteiger partial charge in [-0.25, -0.2) is 4.39 Å². The van der Waals surface area contributed by atoms with Crippen molar-refractivity contribution in [1.82, 2.24) is 10.9 Å². The van der Waals surface area contributed by atoms with Crippen molar-refractivity contribution in [2.45, 2.75) is 31.1 Å². The van der Waals surface area contributed by atoms with Gasteiger partial charge in [0.1, 0.15) is 5.82 Å². The Labute approximate surface area is 150 Å². The van der Waals surface area contributed by atoms with Crippen LogP contribution in [-0.2, 0) is 10.2 Å². The van der Waals surface area contributed by atoms with Gasteiger partial charge >= 0.3 is 0 Å². The van der Waals surface area contributed by atoms with E-state index in [0.717, 1.165) is 18.4 Å². The van der Waals surface area contributed by atoms with E-state index in [4.69, 9.17) is 11.6 Å². The lowest BCUT2D eigenvalue weighted by atomic mass is 9.78. The number of rotatable bonds is 3. The highest BCUT2D eigenvalue weighted by Crippen LogP contribution is 2.41. The largest absolute Gasteiger partial charge is 0.272 e. The molecule has 0 aromatic heterocycles. The molecule has 0 radical (unpaired) electrons. The van der Waals surface area contributed by atoms with Crippen molar-refractivity contribution >= 4 is 23.4 Å². The van der Waals surface area contributed by atoms with E-state index in [-0.39, 0.29) is 11.5 Å². The molecule has 1 saturated carbocycles. The molecule has 0 bridgehead atoms. The Hall–Kier alpha value is -2.40. The third-order valence-corrected chi connectivity index (χ3v) is 4.91. The highest BCUT2D eigenvalue weighted by Gasteiger charge is 2.43. The third kappa shape index (κ3) is 3.51. The Morgan fingerprint density at radius 3 is 2.40 bits per heavy atom. The molecule has 0 saturated heterocycles. The first-order chi connectivity index (χ1) is 12.0. The summed E-state index contributed by atoms with van der Waals surface area (Å²) in [7, 11) is 0. The fourth-order valence-electron chi connectivity index (χ4n) is 3.36. The first-order valence-corrected chi connectivity index (χ1v) is 8.52. The van der Waals surface area contributed by atoms with Gasteiger partial charge in [-0.15, -0.1) is 0 Å². The summed E-state index contributed by atoms with van der Waals surface area (Å²) < 4.78 is 13.7. The number of carbonyl (C=O) groups is 2. The van der Waals surface area contributed by atoms with Crippen molar-refractivity contribution in [2.24, 2.45) is 0 Å². The topological polar surface area (TPSA) is 58.2 Å². The minimum Gasteiger partial charge on any atom is -0.272 e. The molecule has 6 heteroatoms. The molecule has 0 aliphatic heterocycles. The smallest absolute Gasteiger partial charge is 0.272 e. The maximum absolute atomic E-state index is 13.7. The Kier molecular flexibility index (Phi) is 5.04. The second-order valence-electron chi connectivity index (χ2n) is 6.19. The van der Waals surface area contributed by atoms with E-state index in [2.05, 4.69) is 10.9 Å². The lowest BCUT2D eigenvalue weighted by Gasteiger charge is -2.28. The number of nitrogens with one attached hydrogen (secondary N) is 2. The summed E-state index contributed by atoms with van der Waals surface area (Å²) in [6, 6.07) is 12.8. The quantitative estimate of drug-likeness (QED) is 0.819. The van der Waals surface area contributed by atoms with Crippen LogP contribution < -0.4 is 10.9 Å². The van der Waals surface area contributed by atoms with E-state index >= 15 is 0 Å². The second-order valence-corrected chi connectivity index (χ2v) is 6.62. The Morgan fingerprint density at radius 1 is 1.00 bits per heavy atom. The molecule has 1 fully saturated rings. The Bertz CT molecular complexity index is 804. The lowest BCUT2D eigenvalue weighted by molar-refractivity contribution is -0.127. The maximum Gasteiger partial charge on any atom is 0.272 e. The number of carbonyl (C=O) groups excluding carboxylic acids is 2. The highest BCUT2D eigenvalue weighted by molar-refractivity contribution is 6.30. The predicted octanol–water partition coefficient (Wildman–Crippen LogP) is 3.75.